The molecule has 0 fully saturated rings. The first kappa shape index (κ1) is 11.4. The normalized spacial score (nSPS) is 10.2. The van der Waals surface area contributed by atoms with Crippen molar-refractivity contribution < 1.29 is 4.79 Å². The summed E-state index contributed by atoms with van der Waals surface area (Å²) in [5, 5.41) is 2.87. The summed E-state index contributed by atoms with van der Waals surface area (Å²) in [5.74, 6) is -0.0451. The van der Waals surface area contributed by atoms with E-state index < -0.39 is 0 Å². The van der Waals surface area contributed by atoms with Gasteiger partial charge >= 0.3 is 0 Å². The standard InChI is InChI=1S/C13H15N3O/c1-2-11-4-3-5-12(8-11)15-13(17)9-16-7-6-14-10-16/h3-8,10H,2,9H2,1H3,(H,15,17). The molecule has 0 radical (unpaired) electrons. The van der Waals surface area contributed by atoms with Crippen LogP contribution in [0, 0.1) is 0 Å². The van der Waals surface area contributed by atoms with Crippen LogP contribution in [-0.2, 0) is 17.8 Å². The lowest BCUT2D eigenvalue weighted by molar-refractivity contribution is -0.116. The van der Waals surface area contributed by atoms with Crippen LogP contribution in [0.5, 0.6) is 0 Å². The van der Waals surface area contributed by atoms with Gasteiger partial charge in [0.15, 0.2) is 0 Å². The predicted molar refractivity (Wildman–Crippen MR) is 66.7 cm³/mol. The molecule has 1 aromatic carbocycles. The minimum Gasteiger partial charge on any atom is -0.328 e. The number of anilines is 1. The van der Waals surface area contributed by atoms with E-state index in [1.807, 2.05) is 24.3 Å². The molecule has 0 saturated carbocycles. The molecule has 88 valence electrons. The number of hydrogen-bond donors (Lipinski definition) is 1. The second kappa shape index (κ2) is 5.30. The van der Waals surface area contributed by atoms with Crippen molar-refractivity contribution in [3.05, 3.63) is 48.5 Å². The molecule has 0 unspecified atom stereocenters. The third-order valence-electron chi connectivity index (χ3n) is 2.50. The van der Waals surface area contributed by atoms with E-state index >= 15 is 0 Å². The monoisotopic (exact) mass is 229 g/mol. The first-order valence-electron chi connectivity index (χ1n) is 5.62. The number of aryl methyl sites for hydroxylation is 1. The Morgan fingerprint density at radius 1 is 1.47 bits per heavy atom. The number of carbonyl (C=O) groups is 1. The fraction of sp³-hybridized carbons (Fsp3) is 0.231. The summed E-state index contributed by atoms with van der Waals surface area (Å²) in [6, 6.07) is 7.88. The minimum absolute atomic E-state index is 0.0451. The largest absolute Gasteiger partial charge is 0.328 e. The van der Waals surface area contributed by atoms with Crippen molar-refractivity contribution in [3.63, 3.8) is 0 Å². The molecule has 0 saturated heterocycles. The van der Waals surface area contributed by atoms with E-state index in [-0.39, 0.29) is 12.5 Å². The number of carbonyl (C=O) groups excluding carboxylic acids is 1. The Bertz CT molecular complexity index is 491. The molecule has 4 heteroatoms. The summed E-state index contributed by atoms with van der Waals surface area (Å²) in [5.41, 5.74) is 2.06. The Kier molecular flexibility index (Phi) is 3.55. The number of aromatic nitrogens is 2. The van der Waals surface area contributed by atoms with Crippen LogP contribution in [0.1, 0.15) is 12.5 Å². The third-order valence-corrected chi connectivity index (χ3v) is 2.50. The number of hydrogen-bond acceptors (Lipinski definition) is 2. The van der Waals surface area contributed by atoms with Gasteiger partial charge in [-0.15, -0.1) is 0 Å². The summed E-state index contributed by atoms with van der Waals surface area (Å²) < 4.78 is 1.74. The second-order valence-corrected chi connectivity index (χ2v) is 3.84. The Labute approximate surface area is 100 Å². The third kappa shape index (κ3) is 3.17. The van der Waals surface area contributed by atoms with Gasteiger partial charge in [-0.2, -0.15) is 0 Å². The summed E-state index contributed by atoms with van der Waals surface area (Å²) in [7, 11) is 0. The Morgan fingerprint density at radius 2 is 2.35 bits per heavy atom. The van der Waals surface area contributed by atoms with Crippen molar-refractivity contribution in [3.8, 4) is 0 Å². The topological polar surface area (TPSA) is 46.9 Å². The lowest BCUT2D eigenvalue weighted by atomic mass is 10.1. The van der Waals surface area contributed by atoms with Crippen molar-refractivity contribution in [1.29, 1.82) is 0 Å². The fourth-order valence-corrected chi connectivity index (χ4v) is 1.62. The maximum absolute atomic E-state index is 11.7. The van der Waals surface area contributed by atoms with Gasteiger partial charge in [-0.1, -0.05) is 19.1 Å². The second-order valence-electron chi connectivity index (χ2n) is 3.84. The average molecular weight is 229 g/mol. The zero-order valence-electron chi connectivity index (χ0n) is 9.76. The maximum atomic E-state index is 11.7. The van der Waals surface area contributed by atoms with Crippen LogP contribution in [-0.4, -0.2) is 15.5 Å². The molecular weight excluding hydrogens is 214 g/mol. The van der Waals surface area contributed by atoms with Gasteiger partial charge in [-0.25, -0.2) is 4.98 Å². The van der Waals surface area contributed by atoms with Gasteiger partial charge in [-0.3, -0.25) is 4.79 Å². The van der Waals surface area contributed by atoms with Gasteiger partial charge in [0.25, 0.3) is 0 Å². The molecule has 17 heavy (non-hydrogen) atoms. The number of imidazole rings is 1. The average Bonchev–Trinajstić information content (AvgIpc) is 2.82. The summed E-state index contributed by atoms with van der Waals surface area (Å²) in [6.07, 6.45) is 6.01. The van der Waals surface area contributed by atoms with Crippen molar-refractivity contribution >= 4 is 11.6 Å². The summed E-state index contributed by atoms with van der Waals surface area (Å²) in [4.78, 5) is 15.6. The molecule has 0 atom stereocenters. The molecule has 4 nitrogen and oxygen atoms in total. The highest BCUT2D eigenvalue weighted by Crippen LogP contribution is 2.11. The molecular formula is C13H15N3O. The first-order valence-corrected chi connectivity index (χ1v) is 5.62. The zero-order chi connectivity index (χ0) is 12.1. The highest BCUT2D eigenvalue weighted by Gasteiger charge is 2.03. The van der Waals surface area contributed by atoms with E-state index in [9.17, 15) is 4.79 Å². The highest BCUT2D eigenvalue weighted by molar-refractivity contribution is 5.90. The fourth-order valence-electron chi connectivity index (χ4n) is 1.62. The predicted octanol–water partition coefficient (Wildman–Crippen LogP) is 2.08. The van der Waals surface area contributed by atoms with Crippen LogP contribution < -0.4 is 5.32 Å². The maximum Gasteiger partial charge on any atom is 0.244 e. The molecule has 0 aliphatic rings. The Balaban J connectivity index is 1.98. The van der Waals surface area contributed by atoms with Crippen molar-refractivity contribution in [2.75, 3.05) is 5.32 Å². The van der Waals surface area contributed by atoms with Gasteiger partial charge in [0, 0.05) is 18.1 Å². The van der Waals surface area contributed by atoms with Crippen LogP contribution in [0.2, 0.25) is 0 Å². The molecule has 1 aromatic heterocycles. The molecule has 0 bridgehead atoms. The van der Waals surface area contributed by atoms with Crippen LogP contribution in [0.4, 0.5) is 5.69 Å². The van der Waals surface area contributed by atoms with E-state index in [0.29, 0.717) is 0 Å². The SMILES string of the molecule is CCc1cccc(NC(=O)Cn2ccnc2)c1. The molecule has 0 aliphatic heterocycles. The highest BCUT2D eigenvalue weighted by atomic mass is 16.1. The molecule has 1 N–H and O–H groups in total. The minimum atomic E-state index is -0.0451. The van der Waals surface area contributed by atoms with Crippen LogP contribution >= 0.6 is 0 Å². The Morgan fingerprint density at radius 3 is 3.06 bits per heavy atom. The smallest absolute Gasteiger partial charge is 0.244 e. The van der Waals surface area contributed by atoms with Crippen molar-refractivity contribution in [2.24, 2.45) is 0 Å². The van der Waals surface area contributed by atoms with E-state index in [4.69, 9.17) is 0 Å². The molecule has 1 amide bonds. The van der Waals surface area contributed by atoms with Crippen LogP contribution in [0.25, 0.3) is 0 Å². The van der Waals surface area contributed by atoms with Crippen molar-refractivity contribution in [2.45, 2.75) is 19.9 Å². The zero-order valence-corrected chi connectivity index (χ0v) is 9.76. The van der Waals surface area contributed by atoms with Gasteiger partial charge in [0.05, 0.1) is 6.33 Å². The summed E-state index contributed by atoms with van der Waals surface area (Å²) in [6.45, 7) is 2.38. The quantitative estimate of drug-likeness (QED) is 0.872. The Hall–Kier alpha value is -2.10. The lowest BCUT2D eigenvalue weighted by Crippen LogP contribution is -2.17. The van der Waals surface area contributed by atoms with Crippen molar-refractivity contribution in [1.82, 2.24) is 9.55 Å². The van der Waals surface area contributed by atoms with Crippen LogP contribution in [0.15, 0.2) is 43.0 Å². The van der Waals surface area contributed by atoms with E-state index in [0.717, 1.165) is 12.1 Å². The molecule has 2 rings (SSSR count). The number of benzene rings is 1. The number of amides is 1. The van der Waals surface area contributed by atoms with Gasteiger partial charge in [0.2, 0.25) is 5.91 Å². The van der Waals surface area contributed by atoms with E-state index in [1.54, 1.807) is 23.3 Å². The molecule has 1 heterocycles. The van der Waals surface area contributed by atoms with E-state index in [2.05, 4.69) is 17.2 Å². The van der Waals surface area contributed by atoms with E-state index in [1.165, 1.54) is 5.56 Å². The molecule has 0 spiro atoms. The van der Waals surface area contributed by atoms with Gasteiger partial charge in [-0.05, 0) is 24.1 Å². The number of rotatable bonds is 4. The number of nitrogens with one attached hydrogen (secondary N) is 1. The van der Waals surface area contributed by atoms with Crippen LogP contribution in [0.3, 0.4) is 0 Å². The lowest BCUT2D eigenvalue weighted by Gasteiger charge is -2.07. The molecule has 2 aromatic rings. The first-order chi connectivity index (χ1) is 8.28. The van der Waals surface area contributed by atoms with Gasteiger partial charge in [0.1, 0.15) is 6.54 Å². The summed E-state index contributed by atoms with van der Waals surface area (Å²) >= 11 is 0. The number of nitrogens with zero attached hydrogens (tertiary/aromatic N) is 2. The van der Waals surface area contributed by atoms with Gasteiger partial charge < -0.3 is 9.88 Å². The molecule has 0 aliphatic carbocycles.